The van der Waals surface area contributed by atoms with Crippen molar-refractivity contribution in [1.82, 2.24) is 9.97 Å². The summed E-state index contributed by atoms with van der Waals surface area (Å²) in [7, 11) is -5.60. The molecule has 5 nitrogen and oxygen atoms in total. The molecule has 0 saturated heterocycles. The van der Waals surface area contributed by atoms with Crippen LogP contribution < -0.4 is 4.31 Å². The molecule has 0 aliphatic carbocycles. The topological polar surface area (TPSA) is 63.2 Å². The first-order chi connectivity index (χ1) is 9.34. The van der Waals surface area contributed by atoms with Gasteiger partial charge < -0.3 is 0 Å². The number of hydrogen-bond donors (Lipinski definition) is 0. The number of anilines is 2. The number of halogens is 3. The molecule has 0 bridgehead atoms. The molecule has 1 aromatic carbocycles. The summed E-state index contributed by atoms with van der Waals surface area (Å²) in [4.78, 5) is 7.12. The maximum Gasteiger partial charge on any atom is 0.517 e. The Kier molecular flexibility index (Phi) is 3.62. The van der Waals surface area contributed by atoms with Crippen molar-refractivity contribution in [3.05, 3.63) is 48.9 Å². The first-order valence-corrected chi connectivity index (χ1v) is 6.71. The molecule has 0 amide bonds. The Morgan fingerprint density at radius 1 is 1.05 bits per heavy atom. The van der Waals surface area contributed by atoms with Gasteiger partial charge in [0.25, 0.3) is 0 Å². The van der Waals surface area contributed by atoms with Crippen molar-refractivity contribution in [2.45, 2.75) is 5.51 Å². The number of nitrogens with zero attached hydrogens (tertiary/aromatic N) is 3. The van der Waals surface area contributed by atoms with Crippen LogP contribution in [0.4, 0.5) is 24.7 Å². The Morgan fingerprint density at radius 2 is 1.70 bits per heavy atom. The van der Waals surface area contributed by atoms with Crippen LogP contribution in [0.2, 0.25) is 0 Å². The molecule has 0 aliphatic rings. The number of para-hydroxylation sites is 1. The average molecular weight is 303 g/mol. The summed E-state index contributed by atoms with van der Waals surface area (Å²) < 4.78 is 61.9. The molecule has 2 rings (SSSR count). The molecule has 20 heavy (non-hydrogen) atoms. The number of benzene rings is 1. The van der Waals surface area contributed by atoms with E-state index in [9.17, 15) is 21.6 Å². The van der Waals surface area contributed by atoms with Crippen LogP contribution in [0.1, 0.15) is 0 Å². The number of hydrogen-bond acceptors (Lipinski definition) is 4. The molecular weight excluding hydrogens is 295 g/mol. The summed E-state index contributed by atoms with van der Waals surface area (Å²) in [5, 5.41) is 0. The van der Waals surface area contributed by atoms with Crippen molar-refractivity contribution < 1.29 is 21.6 Å². The minimum absolute atomic E-state index is 0.134. The highest BCUT2D eigenvalue weighted by molar-refractivity contribution is 7.94. The molecule has 0 fully saturated rings. The lowest BCUT2D eigenvalue weighted by Gasteiger charge is -2.24. The maximum atomic E-state index is 12.8. The summed E-state index contributed by atoms with van der Waals surface area (Å²) in [5.74, 6) is -0.386. The lowest BCUT2D eigenvalue weighted by Crippen LogP contribution is -2.38. The summed E-state index contributed by atoms with van der Waals surface area (Å²) in [6, 6.07) is 7.97. The van der Waals surface area contributed by atoms with E-state index >= 15 is 0 Å². The van der Waals surface area contributed by atoms with E-state index < -0.39 is 15.5 Å². The van der Waals surface area contributed by atoms with Gasteiger partial charge in [0.2, 0.25) is 0 Å². The lowest BCUT2D eigenvalue weighted by atomic mass is 10.3. The van der Waals surface area contributed by atoms with E-state index in [0.717, 1.165) is 18.6 Å². The molecule has 0 saturated carbocycles. The molecule has 0 spiro atoms. The van der Waals surface area contributed by atoms with Gasteiger partial charge in [-0.2, -0.15) is 21.6 Å². The van der Waals surface area contributed by atoms with Gasteiger partial charge in [0.05, 0.1) is 5.69 Å². The van der Waals surface area contributed by atoms with Crippen LogP contribution in [0, 0.1) is 0 Å². The first kappa shape index (κ1) is 14.3. The second kappa shape index (κ2) is 5.08. The van der Waals surface area contributed by atoms with Crippen molar-refractivity contribution in [3.8, 4) is 0 Å². The fraction of sp³-hybridized carbons (Fsp3) is 0.0909. The molecule has 9 heteroatoms. The van der Waals surface area contributed by atoms with Gasteiger partial charge in [-0.15, -0.1) is 0 Å². The monoisotopic (exact) mass is 303 g/mol. The average Bonchev–Trinajstić information content (AvgIpc) is 2.40. The minimum atomic E-state index is -5.60. The Labute approximate surface area is 112 Å². The van der Waals surface area contributed by atoms with Crippen LogP contribution in [0.5, 0.6) is 0 Å². The zero-order chi connectivity index (χ0) is 14.8. The number of sulfonamides is 1. The zero-order valence-corrected chi connectivity index (χ0v) is 10.6. The van der Waals surface area contributed by atoms with Gasteiger partial charge in [0.15, 0.2) is 5.82 Å². The fourth-order valence-electron chi connectivity index (χ4n) is 1.46. The molecule has 0 N–H and O–H groups in total. The van der Waals surface area contributed by atoms with E-state index in [-0.39, 0.29) is 15.8 Å². The van der Waals surface area contributed by atoms with Crippen LogP contribution >= 0.6 is 0 Å². The second-order valence-electron chi connectivity index (χ2n) is 3.62. The second-order valence-corrected chi connectivity index (χ2v) is 5.40. The number of aromatic nitrogens is 2. The number of rotatable bonds is 3. The van der Waals surface area contributed by atoms with E-state index in [1.54, 1.807) is 6.07 Å². The molecular formula is C11H8F3N3O2S. The highest BCUT2D eigenvalue weighted by atomic mass is 32.2. The highest BCUT2D eigenvalue weighted by Gasteiger charge is 2.51. The highest BCUT2D eigenvalue weighted by Crippen LogP contribution is 2.35. The van der Waals surface area contributed by atoms with E-state index in [4.69, 9.17) is 0 Å². The van der Waals surface area contributed by atoms with Crippen LogP contribution in [0.3, 0.4) is 0 Å². The van der Waals surface area contributed by atoms with E-state index in [1.165, 1.54) is 24.3 Å². The molecule has 106 valence electrons. The third-order valence-corrected chi connectivity index (χ3v) is 3.76. The van der Waals surface area contributed by atoms with Crippen LogP contribution in [-0.4, -0.2) is 23.9 Å². The van der Waals surface area contributed by atoms with Gasteiger partial charge in [-0.1, -0.05) is 18.2 Å². The molecule has 0 aliphatic heterocycles. The van der Waals surface area contributed by atoms with Crippen molar-refractivity contribution in [2.24, 2.45) is 0 Å². The van der Waals surface area contributed by atoms with Crippen LogP contribution in [-0.2, 0) is 10.0 Å². The van der Waals surface area contributed by atoms with Gasteiger partial charge in [-0.25, -0.2) is 14.3 Å². The predicted molar refractivity (Wildman–Crippen MR) is 65.6 cm³/mol. The summed E-state index contributed by atoms with van der Waals surface area (Å²) in [6.45, 7) is 0. The van der Waals surface area contributed by atoms with Crippen molar-refractivity contribution in [3.63, 3.8) is 0 Å². The molecule has 0 radical (unpaired) electrons. The maximum absolute atomic E-state index is 12.8. The van der Waals surface area contributed by atoms with Crippen molar-refractivity contribution >= 4 is 21.5 Å². The Hall–Kier alpha value is -2.16. The van der Waals surface area contributed by atoms with E-state index in [0.29, 0.717) is 0 Å². The third kappa shape index (κ3) is 2.57. The summed E-state index contributed by atoms with van der Waals surface area (Å²) in [5.41, 5.74) is -5.60. The predicted octanol–water partition coefficient (Wildman–Crippen LogP) is 2.46. The largest absolute Gasteiger partial charge is 0.517 e. The van der Waals surface area contributed by atoms with Gasteiger partial charge in [0, 0.05) is 12.3 Å². The molecule has 0 atom stereocenters. The van der Waals surface area contributed by atoms with Gasteiger partial charge in [-0.3, -0.25) is 0 Å². The van der Waals surface area contributed by atoms with E-state index in [1.807, 2.05) is 0 Å². The normalized spacial score (nSPS) is 12.2. The lowest BCUT2D eigenvalue weighted by molar-refractivity contribution is -0.0435. The van der Waals surface area contributed by atoms with Crippen LogP contribution in [0.25, 0.3) is 0 Å². The summed E-state index contributed by atoms with van der Waals surface area (Å²) >= 11 is 0. The Balaban J connectivity index is 2.64. The minimum Gasteiger partial charge on any atom is -0.245 e. The molecule has 2 aromatic rings. The fourth-order valence-corrected chi connectivity index (χ4v) is 2.43. The zero-order valence-electron chi connectivity index (χ0n) is 9.82. The van der Waals surface area contributed by atoms with Gasteiger partial charge >= 0.3 is 15.5 Å². The first-order valence-electron chi connectivity index (χ1n) is 5.27. The van der Waals surface area contributed by atoms with E-state index in [2.05, 4.69) is 9.97 Å². The van der Waals surface area contributed by atoms with Gasteiger partial charge in [-0.05, 0) is 12.1 Å². The quantitative estimate of drug-likeness (QED) is 0.874. The van der Waals surface area contributed by atoms with Crippen LogP contribution in [0.15, 0.2) is 48.9 Å². The Morgan fingerprint density at radius 3 is 2.20 bits per heavy atom. The molecule has 1 heterocycles. The number of alkyl halides is 3. The SMILES string of the molecule is O=S(=O)(N(c1ccccc1)c1ccncn1)C(F)(F)F. The van der Waals surface area contributed by atoms with Gasteiger partial charge in [0.1, 0.15) is 6.33 Å². The smallest absolute Gasteiger partial charge is 0.245 e. The Bertz CT molecular complexity index is 636. The molecule has 0 unspecified atom stereocenters. The van der Waals surface area contributed by atoms with Crippen molar-refractivity contribution in [2.75, 3.05) is 4.31 Å². The van der Waals surface area contributed by atoms with Crippen molar-refractivity contribution in [1.29, 1.82) is 0 Å². The summed E-state index contributed by atoms with van der Waals surface area (Å²) in [6.07, 6.45) is 2.13. The standard InChI is InChI=1S/C11H8F3N3O2S/c12-11(13,14)20(18,19)17(9-4-2-1-3-5-9)10-6-7-15-8-16-10/h1-8H. The molecule has 1 aromatic heterocycles. The third-order valence-electron chi connectivity index (χ3n) is 2.30.